The predicted molar refractivity (Wildman–Crippen MR) is 61.5 cm³/mol. The second kappa shape index (κ2) is 5.61. The number of amides is 1. The van der Waals surface area contributed by atoms with Crippen molar-refractivity contribution in [1.29, 1.82) is 0 Å². The number of aryl methyl sites for hydroxylation is 1. The number of hydrogen-bond donors (Lipinski definition) is 2. The standard InChI is InChI=1S/C11H16FN3O3/c1-4-6(2)9(11(17)18)13-10(16)7-5-8(12)15(3)14-7/h5-6,9H,4H2,1-3H3,(H,13,16)(H,17,18)/t6-,9-/m0/s1. The van der Waals surface area contributed by atoms with Gasteiger partial charge in [-0.3, -0.25) is 4.79 Å². The van der Waals surface area contributed by atoms with E-state index in [0.29, 0.717) is 6.42 Å². The molecular formula is C11H16FN3O3. The van der Waals surface area contributed by atoms with Crippen molar-refractivity contribution in [2.75, 3.05) is 0 Å². The van der Waals surface area contributed by atoms with E-state index in [1.807, 2.05) is 6.92 Å². The zero-order chi connectivity index (χ0) is 13.9. The van der Waals surface area contributed by atoms with Crippen LogP contribution >= 0.6 is 0 Å². The third kappa shape index (κ3) is 3.06. The molecule has 0 radical (unpaired) electrons. The molecule has 0 saturated heterocycles. The van der Waals surface area contributed by atoms with Crippen LogP contribution in [0.15, 0.2) is 6.07 Å². The van der Waals surface area contributed by atoms with Crippen LogP contribution in [0.25, 0.3) is 0 Å². The van der Waals surface area contributed by atoms with Crippen molar-refractivity contribution >= 4 is 11.9 Å². The van der Waals surface area contributed by atoms with E-state index < -0.39 is 23.9 Å². The van der Waals surface area contributed by atoms with Crippen LogP contribution in [0.2, 0.25) is 0 Å². The second-order valence-electron chi connectivity index (χ2n) is 4.15. The summed E-state index contributed by atoms with van der Waals surface area (Å²) in [7, 11) is 1.36. The minimum atomic E-state index is -1.12. The van der Waals surface area contributed by atoms with Gasteiger partial charge in [-0.25, -0.2) is 9.48 Å². The molecule has 0 aliphatic rings. The van der Waals surface area contributed by atoms with Gasteiger partial charge in [0.15, 0.2) is 5.69 Å². The molecule has 1 amide bonds. The molecule has 2 N–H and O–H groups in total. The SMILES string of the molecule is CC[C@H](C)[C@H](NC(=O)c1cc(F)n(C)n1)C(=O)O. The number of nitrogens with zero attached hydrogens (tertiary/aromatic N) is 2. The van der Waals surface area contributed by atoms with E-state index in [2.05, 4.69) is 10.4 Å². The van der Waals surface area contributed by atoms with Crippen LogP contribution in [0, 0.1) is 11.9 Å². The van der Waals surface area contributed by atoms with E-state index >= 15 is 0 Å². The Labute approximate surface area is 104 Å². The highest BCUT2D eigenvalue weighted by Gasteiger charge is 2.26. The van der Waals surface area contributed by atoms with Crippen LogP contribution in [-0.2, 0) is 11.8 Å². The molecule has 0 aliphatic heterocycles. The zero-order valence-electron chi connectivity index (χ0n) is 10.5. The third-order valence-electron chi connectivity index (χ3n) is 2.82. The summed E-state index contributed by atoms with van der Waals surface area (Å²) in [5, 5.41) is 15.0. The molecule has 1 aromatic heterocycles. The smallest absolute Gasteiger partial charge is 0.326 e. The maximum atomic E-state index is 13.0. The lowest BCUT2D eigenvalue weighted by Crippen LogP contribution is -2.45. The Bertz CT molecular complexity index is 439. The fourth-order valence-corrected chi connectivity index (χ4v) is 1.45. The third-order valence-corrected chi connectivity index (χ3v) is 2.82. The molecule has 7 heteroatoms. The Balaban J connectivity index is 2.81. The molecule has 0 saturated carbocycles. The van der Waals surface area contributed by atoms with E-state index in [1.54, 1.807) is 6.92 Å². The van der Waals surface area contributed by atoms with Crippen LogP contribution in [0.3, 0.4) is 0 Å². The van der Waals surface area contributed by atoms with Crippen LogP contribution in [0.1, 0.15) is 30.8 Å². The summed E-state index contributed by atoms with van der Waals surface area (Å²) in [6, 6.07) is -0.0437. The summed E-state index contributed by atoms with van der Waals surface area (Å²) in [4.78, 5) is 22.8. The highest BCUT2D eigenvalue weighted by Crippen LogP contribution is 2.09. The lowest BCUT2D eigenvalue weighted by atomic mass is 9.99. The van der Waals surface area contributed by atoms with Gasteiger partial charge in [-0.05, 0) is 5.92 Å². The maximum Gasteiger partial charge on any atom is 0.326 e. The first-order valence-electron chi connectivity index (χ1n) is 5.60. The number of rotatable bonds is 5. The highest BCUT2D eigenvalue weighted by molar-refractivity contribution is 5.94. The molecule has 0 aromatic carbocycles. The molecule has 1 heterocycles. The van der Waals surface area contributed by atoms with E-state index in [-0.39, 0.29) is 11.6 Å². The fourth-order valence-electron chi connectivity index (χ4n) is 1.45. The van der Waals surface area contributed by atoms with Crippen molar-refractivity contribution in [3.63, 3.8) is 0 Å². The summed E-state index contributed by atoms with van der Waals surface area (Å²) in [6.45, 7) is 3.55. The van der Waals surface area contributed by atoms with Gasteiger partial charge in [0.2, 0.25) is 5.95 Å². The van der Waals surface area contributed by atoms with Crippen LogP contribution in [0.5, 0.6) is 0 Å². The lowest BCUT2D eigenvalue weighted by molar-refractivity contribution is -0.140. The summed E-state index contributed by atoms with van der Waals surface area (Å²) in [5.41, 5.74) is -0.135. The van der Waals surface area contributed by atoms with Gasteiger partial charge in [-0.15, -0.1) is 0 Å². The Hall–Kier alpha value is -1.92. The van der Waals surface area contributed by atoms with Crippen LogP contribution in [0.4, 0.5) is 4.39 Å². The Morgan fingerprint density at radius 2 is 2.22 bits per heavy atom. The molecule has 0 unspecified atom stereocenters. The van der Waals surface area contributed by atoms with Gasteiger partial charge >= 0.3 is 5.97 Å². The lowest BCUT2D eigenvalue weighted by Gasteiger charge is -2.19. The molecule has 0 bridgehead atoms. The molecule has 0 spiro atoms. The van der Waals surface area contributed by atoms with Gasteiger partial charge in [0.25, 0.3) is 5.91 Å². The molecule has 0 fully saturated rings. The average Bonchev–Trinajstić information content (AvgIpc) is 2.65. The van der Waals surface area contributed by atoms with Crippen molar-refractivity contribution in [3.8, 4) is 0 Å². The number of carbonyl (C=O) groups excluding carboxylic acids is 1. The number of carboxylic acid groups (broad SMARTS) is 1. The summed E-state index contributed by atoms with van der Waals surface area (Å²) < 4.78 is 13.9. The molecule has 100 valence electrons. The normalized spacial score (nSPS) is 14.0. The van der Waals surface area contributed by atoms with Gasteiger partial charge in [-0.1, -0.05) is 20.3 Å². The van der Waals surface area contributed by atoms with E-state index in [9.17, 15) is 14.0 Å². The monoisotopic (exact) mass is 257 g/mol. The van der Waals surface area contributed by atoms with E-state index in [1.165, 1.54) is 7.05 Å². The molecule has 6 nitrogen and oxygen atoms in total. The topological polar surface area (TPSA) is 84.2 Å². The van der Waals surface area contributed by atoms with Gasteiger partial charge < -0.3 is 10.4 Å². The number of nitrogens with one attached hydrogen (secondary N) is 1. The largest absolute Gasteiger partial charge is 0.480 e. The number of aromatic nitrogens is 2. The van der Waals surface area contributed by atoms with Crippen molar-refractivity contribution < 1.29 is 19.1 Å². The first-order valence-corrected chi connectivity index (χ1v) is 5.60. The Morgan fingerprint density at radius 3 is 2.61 bits per heavy atom. The van der Waals surface area contributed by atoms with E-state index in [0.717, 1.165) is 10.7 Å². The quantitative estimate of drug-likeness (QED) is 0.816. The molecule has 1 rings (SSSR count). The average molecular weight is 257 g/mol. The summed E-state index contributed by atoms with van der Waals surface area (Å²) >= 11 is 0. The number of hydrogen-bond acceptors (Lipinski definition) is 3. The zero-order valence-corrected chi connectivity index (χ0v) is 10.5. The number of carboxylic acids is 1. The predicted octanol–water partition coefficient (Wildman–Crippen LogP) is 0.788. The molecule has 2 atom stereocenters. The maximum absolute atomic E-state index is 13.0. The molecular weight excluding hydrogens is 241 g/mol. The van der Waals surface area contributed by atoms with Gasteiger partial charge in [0.1, 0.15) is 6.04 Å². The van der Waals surface area contributed by atoms with Crippen molar-refractivity contribution in [2.45, 2.75) is 26.3 Å². The van der Waals surface area contributed by atoms with Crippen molar-refractivity contribution in [2.24, 2.45) is 13.0 Å². The first kappa shape index (κ1) is 14.1. The highest BCUT2D eigenvalue weighted by atomic mass is 19.1. The van der Waals surface area contributed by atoms with Gasteiger partial charge in [0.05, 0.1) is 0 Å². The first-order chi connectivity index (χ1) is 8.36. The Morgan fingerprint density at radius 1 is 1.61 bits per heavy atom. The minimum Gasteiger partial charge on any atom is -0.480 e. The second-order valence-corrected chi connectivity index (χ2v) is 4.15. The number of halogens is 1. The molecule has 18 heavy (non-hydrogen) atoms. The molecule has 1 aromatic rings. The summed E-state index contributed by atoms with van der Waals surface area (Å²) in [5.74, 6) is -2.69. The van der Waals surface area contributed by atoms with Crippen molar-refractivity contribution in [3.05, 3.63) is 17.7 Å². The Kier molecular flexibility index (Phi) is 4.41. The van der Waals surface area contributed by atoms with Crippen molar-refractivity contribution in [1.82, 2.24) is 15.1 Å². The number of carbonyl (C=O) groups is 2. The van der Waals surface area contributed by atoms with E-state index in [4.69, 9.17) is 5.11 Å². The number of aliphatic carboxylic acids is 1. The van der Waals surface area contributed by atoms with Crippen LogP contribution in [-0.4, -0.2) is 32.8 Å². The minimum absolute atomic E-state index is 0.135. The summed E-state index contributed by atoms with van der Waals surface area (Å²) in [6.07, 6.45) is 0.605. The van der Waals surface area contributed by atoms with Gasteiger partial charge in [-0.2, -0.15) is 9.49 Å². The van der Waals surface area contributed by atoms with Gasteiger partial charge in [0, 0.05) is 13.1 Å². The fraction of sp³-hybridized carbons (Fsp3) is 0.545. The van der Waals surface area contributed by atoms with Crippen LogP contribution < -0.4 is 5.32 Å². The molecule has 0 aliphatic carbocycles.